The number of alkyl halides is 21. The monoisotopic (exact) mass is 1050 g/mol. The van der Waals surface area contributed by atoms with Crippen LogP contribution in [0.3, 0.4) is 0 Å². The van der Waals surface area contributed by atoms with Gasteiger partial charge in [0, 0.05) is 0 Å². The molecule has 0 atom stereocenters. The fraction of sp³-hybridized carbons (Fsp3) is 0.700. The summed E-state index contributed by atoms with van der Waals surface area (Å²) in [5.41, 5.74) is -4.09. The van der Waals surface area contributed by atoms with Crippen LogP contribution in [-0.2, 0) is 14.4 Å². The first-order valence-corrected chi connectivity index (χ1v) is 14.4. The van der Waals surface area contributed by atoms with Gasteiger partial charge in [0.05, 0.1) is 0 Å². The first kappa shape index (κ1) is 62.1. The minimum Gasteiger partial charge on any atom is -0.875 e. The summed E-state index contributed by atoms with van der Waals surface area (Å²) in [4.78, 5) is 32.4. The Hall–Kier alpha value is -2.59. The van der Waals surface area contributed by atoms with Crippen LogP contribution in [0.2, 0.25) is 0 Å². The maximum Gasteiger partial charge on any atom is 3.00 e. The van der Waals surface area contributed by atoms with E-state index < -0.39 is 123 Å². The first-order chi connectivity index (χ1) is 24.1. The summed E-state index contributed by atoms with van der Waals surface area (Å²) in [6.07, 6.45) is -21.1. The molecule has 58 heavy (non-hydrogen) atoms. The van der Waals surface area contributed by atoms with Crippen molar-refractivity contribution in [1.29, 1.82) is 0 Å². The molecular weight excluding hydrogens is 1020 g/mol. The van der Waals surface area contributed by atoms with Crippen LogP contribution in [0.15, 0.2) is 35.5 Å². The van der Waals surface area contributed by atoms with E-state index in [-0.39, 0.29) is 37.3 Å². The van der Waals surface area contributed by atoms with Crippen molar-refractivity contribution in [1.82, 2.24) is 0 Å². The number of carbonyl (C=O) groups excluding carboxylic acids is 3. The van der Waals surface area contributed by atoms with Gasteiger partial charge in [0.25, 0.3) is 0 Å². The molecule has 0 aliphatic rings. The van der Waals surface area contributed by atoms with Crippen LogP contribution in [0.25, 0.3) is 0 Å². The zero-order chi connectivity index (χ0) is 47.6. The summed E-state index contributed by atoms with van der Waals surface area (Å²) in [5.74, 6) is -50.2. The van der Waals surface area contributed by atoms with E-state index in [0.29, 0.717) is 0 Å². The van der Waals surface area contributed by atoms with Gasteiger partial charge in [-0.15, -0.1) is 17.3 Å². The third-order valence-corrected chi connectivity index (χ3v) is 6.18. The number of halogens is 21. The topological polar surface area (TPSA) is 120 Å². The quantitative estimate of drug-likeness (QED) is 0.131. The Bertz CT molecular complexity index is 1350. The number of hydrogen-bond acceptors (Lipinski definition) is 6. The van der Waals surface area contributed by atoms with Crippen LogP contribution in [0.5, 0.6) is 0 Å². The van der Waals surface area contributed by atoms with Gasteiger partial charge in [-0.1, -0.05) is 62.3 Å². The molecule has 0 N–H and O–H groups in total. The average Bonchev–Trinajstić information content (AvgIpc) is 2.93. The van der Waals surface area contributed by atoms with E-state index >= 15 is 0 Å². The molecule has 0 bridgehead atoms. The molecule has 0 unspecified atom stereocenters. The molecule has 0 aliphatic heterocycles. The minimum atomic E-state index is -6.61. The molecule has 0 aromatic carbocycles. The molecule has 0 heterocycles. The SMILES string of the molecule is CC(C)(C)C([O-])=CC(=O)C(F)(F)C(F)(F)C(F)(F)F.CC(C)(C)C([O-])=CC(=O)C(F)(F)C(F)(F)C(F)(F)F.CC(C)(C)C([O-])=CC(=O)C(F)(F)C(F)(F)C(F)(F)F.[Er+3]. The second kappa shape index (κ2) is 19.0. The summed E-state index contributed by atoms with van der Waals surface area (Å²) < 4.78 is 258. The molecule has 345 valence electrons. The Kier molecular flexibility index (Phi) is 20.3. The molecule has 0 aromatic rings. The minimum absolute atomic E-state index is 0. The second-order valence-corrected chi connectivity index (χ2v) is 14.3. The average molecular weight is 1050 g/mol. The second-order valence-electron chi connectivity index (χ2n) is 14.3. The maximum atomic E-state index is 12.8. The van der Waals surface area contributed by atoms with E-state index in [9.17, 15) is 122 Å². The largest absolute Gasteiger partial charge is 3.00 e. The predicted molar refractivity (Wildman–Crippen MR) is 145 cm³/mol. The number of ketones is 3. The summed E-state index contributed by atoms with van der Waals surface area (Å²) >= 11 is 0. The summed E-state index contributed by atoms with van der Waals surface area (Å²) in [5, 5.41) is 33.5. The molecule has 0 aromatic heterocycles. The molecule has 0 amide bonds. The Morgan fingerprint density at radius 1 is 0.328 bits per heavy atom. The Labute approximate surface area is 343 Å². The van der Waals surface area contributed by atoms with Crippen molar-refractivity contribution in [3.05, 3.63) is 35.5 Å². The van der Waals surface area contributed by atoms with E-state index in [1.807, 2.05) is 0 Å². The summed E-state index contributed by atoms with van der Waals surface area (Å²) in [6.45, 7) is 10.6. The molecule has 0 saturated carbocycles. The normalized spacial score (nSPS) is 15.3. The van der Waals surface area contributed by atoms with E-state index in [4.69, 9.17) is 0 Å². The zero-order valence-electron chi connectivity index (χ0n) is 30.4. The van der Waals surface area contributed by atoms with Crippen LogP contribution in [-0.4, -0.2) is 71.4 Å². The van der Waals surface area contributed by atoms with Crippen molar-refractivity contribution in [3.63, 3.8) is 0 Å². The van der Waals surface area contributed by atoms with Crippen molar-refractivity contribution in [2.45, 2.75) is 116 Å². The van der Waals surface area contributed by atoms with Crippen LogP contribution in [0.1, 0.15) is 62.3 Å². The predicted octanol–water partition coefficient (Wildman–Crippen LogP) is 8.04. The van der Waals surface area contributed by atoms with Crippen molar-refractivity contribution in [3.8, 4) is 0 Å². The molecule has 0 rings (SSSR count). The zero-order valence-corrected chi connectivity index (χ0v) is 32.3. The van der Waals surface area contributed by atoms with Crippen LogP contribution >= 0.6 is 0 Å². The number of rotatable bonds is 9. The molecule has 6 nitrogen and oxygen atoms in total. The Morgan fingerprint density at radius 2 is 0.448 bits per heavy atom. The molecule has 28 heteroatoms. The fourth-order valence-corrected chi connectivity index (χ4v) is 2.28. The van der Waals surface area contributed by atoms with Gasteiger partial charge < -0.3 is 15.3 Å². The van der Waals surface area contributed by atoms with E-state index in [0.717, 1.165) is 0 Å². The fourth-order valence-electron chi connectivity index (χ4n) is 2.28. The van der Waals surface area contributed by atoms with Gasteiger partial charge in [0.15, 0.2) is 0 Å². The summed E-state index contributed by atoms with van der Waals surface area (Å²) in [6, 6.07) is 0. The van der Waals surface area contributed by atoms with Crippen LogP contribution in [0.4, 0.5) is 92.2 Å². The molecule has 0 aliphatic carbocycles. The van der Waals surface area contributed by atoms with Crippen LogP contribution in [0, 0.1) is 53.6 Å². The number of carbonyl (C=O) groups is 3. The maximum absolute atomic E-state index is 12.8. The Balaban J connectivity index is -0.000000374. The van der Waals surface area contributed by atoms with Gasteiger partial charge in [0.1, 0.15) is 0 Å². The third-order valence-electron chi connectivity index (χ3n) is 6.18. The van der Waals surface area contributed by atoms with Gasteiger partial charge in [-0.05, 0) is 34.5 Å². The first-order valence-electron chi connectivity index (χ1n) is 14.4. The van der Waals surface area contributed by atoms with Gasteiger partial charge in [-0.3, -0.25) is 14.4 Å². The van der Waals surface area contributed by atoms with E-state index in [1.54, 1.807) is 0 Å². The number of hydrogen-bond donors (Lipinski definition) is 0. The van der Waals surface area contributed by atoms with Gasteiger partial charge >= 0.3 is 91.4 Å². The van der Waals surface area contributed by atoms with Crippen molar-refractivity contribution >= 4 is 17.3 Å². The van der Waals surface area contributed by atoms with Crippen molar-refractivity contribution in [2.24, 2.45) is 16.2 Å². The standard InChI is InChI=1S/3C10H11F7O2.Er/c3*1-7(2,3)5(18)4-6(19)8(11,12)9(13,14)10(15,16)17;/h3*4,18H,1-3H3;/q;;;+3/p-3. The van der Waals surface area contributed by atoms with Crippen LogP contribution < -0.4 is 15.3 Å². The third kappa shape index (κ3) is 14.8. The van der Waals surface area contributed by atoms with Gasteiger partial charge in [0.2, 0.25) is 17.3 Å². The molecule has 1 radical (unpaired) electrons. The van der Waals surface area contributed by atoms with Gasteiger partial charge in [-0.25, -0.2) is 0 Å². The molecule has 0 spiro atoms. The van der Waals surface area contributed by atoms with Crippen molar-refractivity contribution in [2.75, 3.05) is 0 Å². The van der Waals surface area contributed by atoms with Crippen molar-refractivity contribution < 1.29 is 159 Å². The smallest absolute Gasteiger partial charge is 0.875 e. The molecule has 0 saturated heterocycles. The Morgan fingerprint density at radius 3 is 0.534 bits per heavy atom. The molecular formula is C30H30ErF21O6. The van der Waals surface area contributed by atoms with E-state index in [2.05, 4.69) is 0 Å². The summed E-state index contributed by atoms with van der Waals surface area (Å²) in [7, 11) is 0. The van der Waals surface area contributed by atoms with E-state index in [1.165, 1.54) is 62.3 Å². The van der Waals surface area contributed by atoms with Gasteiger partial charge in [-0.2, -0.15) is 92.2 Å². The molecule has 0 fully saturated rings. The number of allylic oxidation sites excluding steroid dienone is 6.